The van der Waals surface area contributed by atoms with Crippen LogP contribution in [0.2, 0.25) is 5.04 Å². The molecule has 2 aliphatic heterocycles. The summed E-state index contributed by atoms with van der Waals surface area (Å²) in [6, 6.07) is 20.7. The van der Waals surface area contributed by atoms with Crippen molar-refractivity contribution in [2.45, 2.75) is 75.0 Å². The summed E-state index contributed by atoms with van der Waals surface area (Å²) in [5, 5.41) is 12.9. The highest BCUT2D eigenvalue weighted by Crippen LogP contribution is 2.38. The van der Waals surface area contributed by atoms with Gasteiger partial charge in [0.05, 0.1) is 13.2 Å². The van der Waals surface area contributed by atoms with Gasteiger partial charge in [-0.25, -0.2) is 0 Å². The van der Waals surface area contributed by atoms with Gasteiger partial charge in [0.1, 0.15) is 36.6 Å². The first-order chi connectivity index (χ1) is 19.2. The molecule has 40 heavy (non-hydrogen) atoms. The van der Waals surface area contributed by atoms with Crippen molar-refractivity contribution in [3.05, 3.63) is 60.7 Å². The van der Waals surface area contributed by atoms with E-state index in [-0.39, 0.29) is 17.7 Å². The van der Waals surface area contributed by atoms with Crippen molar-refractivity contribution in [3.63, 3.8) is 0 Å². The van der Waals surface area contributed by atoms with E-state index in [1.165, 1.54) is 7.11 Å². The van der Waals surface area contributed by atoms with Crippen LogP contribution in [0, 0.1) is 0 Å². The van der Waals surface area contributed by atoms with Gasteiger partial charge in [-0.15, -0.1) is 0 Å². The highest BCUT2D eigenvalue weighted by Gasteiger charge is 2.55. The maximum atomic E-state index is 10.8. The van der Waals surface area contributed by atoms with Crippen LogP contribution in [0.25, 0.3) is 0 Å². The number of aliphatic hydroxyl groups excluding tert-OH is 1. The Balaban J connectivity index is 1.64. The zero-order chi connectivity index (χ0) is 28.9. The minimum absolute atomic E-state index is 0.175. The van der Waals surface area contributed by atoms with Crippen molar-refractivity contribution in [1.82, 2.24) is 0 Å². The molecule has 8 atom stereocenters. The summed E-state index contributed by atoms with van der Waals surface area (Å²) in [5.41, 5.74) is 0. The normalized spacial score (nSPS) is 31.1. The number of hydrogen-bond donors (Lipinski definition) is 1. The summed E-state index contributed by atoms with van der Waals surface area (Å²) >= 11 is 0. The molecular formula is C30H44O9Si. The minimum atomic E-state index is -2.85. The predicted octanol–water partition coefficient (Wildman–Crippen LogP) is 2.08. The van der Waals surface area contributed by atoms with E-state index in [4.69, 9.17) is 37.6 Å². The molecule has 0 bridgehead atoms. The SMILES string of the molecule is COC[C@@H]1O[C@@H](O[C@@H]2[C@H](OC)[C@@H](O)O[C@@H]2CO[Si](c2ccccc2)(c2ccccc2)C(C)(C)C)[C@H](OC)[C@H]1OC. The number of hydrogen-bond acceptors (Lipinski definition) is 9. The van der Waals surface area contributed by atoms with E-state index in [0.717, 1.165) is 10.4 Å². The van der Waals surface area contributed by atoms with Crippen LogP contribution in [0.15, 0.2) is 60.7 Å². The maximum absolute atomic E-state index is 10.8. The maximum Gasteiger partial charge on any atom is 0.261 e. The Kier molecular flexibility index (Phi) is 10.6. The molecule has 2 aromatic carbocycles. The fraction of sp³-hybridized carbons (Fsp3) is 0.600. The average molecular weight is 577 g/mol. The van der Waals surface area contributed by atoms with Crippen molar-refractivity contribution in [1.29, 1.82) is 0 Å². The van der Waals surface area contributed by atoms with Crippen LogP contribution in [0.1, 0.15) is 20.8 Å². The summed E-state index contributed by atoms with van der Waals surface area (Å²) < 4.78 is 48.1. The van der Waals surface area contributed by atoms with Gasteiger partial charge >= 0.3 is 0 Å². The van der Waals surface area contributed by atoms with Gasteiger partial charge in [0, 0.05) is 28.4 Å². The molecule has 222 valence electrons. The van der Waals surface area contributed by atoms with Gasteiger partial charge in [-0.1, -0.05) is 81.4 Å². The summed E-state index contributed by atoms with van der Waals surface area (Å²) in [4.78, 5) is 0. The molecule has 2 aromatic rings. The zero-order valence-corrected chi connectivity index (χ0v) is 25.5. The number of rotatable bonds is 12. The second kappa shape index (κ2) is 13.5. The van der Waals surface area contributed by atoms with Gasteiger partial charge in [-0.05, 0) is 15.4 Å². The number of aliphatic hydroxyl groups is 1. The lowest BCUT2D eigenvalue weighted by Crippen LogP contribution is -2.67. The van der Waals surface area contributed by atoms with Crippen LogP contribution in [0.4, 0.5) is 0 Å². The second-order valence-corrected chi connectivity index (χ2v) is 15.5. The molecule has 0 radical (unpaired) electrons. The Morgan fingerprint density at radius 3 is 1.70 bits per heavy atom. The van der Waals surface area contributed by atoms with Crippen LogP contribution in [0.5, 0.6) is 0 Å². The number of methoxy groups -OCH3 is 4. The van der Waals surface area contributed by atoms with Gasteiger partial charge < -0.3 is 42.7 Å². The molecule has 0 aromatic heterocycles. The van der Waals surface area contributed by atoms with Crippen LogP contribution >= 0.6 is 0 Å². The van der Waals surface area contributed by atoms with E-state index in [0.29, 0.717) is 6.61 Å². The molecule has 2 heterocycles. The molecule has 2 aliphatic rings. The Labute approximate surface area is 238 Å². The first kappa shape index (κ1) is 31.2. The molecule has 10 heteroatoms. The standard InChI is InChI=1S/C30H44O9Si/c1-30(2,3)40(20-14-10-8-11-15-20,21-16-12-9-13-17-21)36-19-23-25(26(34-6)28(31)37-23)39-29-27(35-7)24(33-5)22(38-29)18-32-4/h8-17,22-29,31H,18-19H2,1-7H3/t22-,23+,24-,25-,26-,27+,28-,29-/m0/s1. The Bertz CT molecular complexity index is 995. The third kappa shape index (κ3) is 6.07. The first-order valence-electron chi connectivity index (χ1n) is 13.7. The van der Waals surface area contributed by atoms with Crippen LogP contribution in [-0.4, -0.2) is 104 Å². The quantitative estimate of drug-likeness (QED) is 0.381. The second-order valence-electron chi connectivity index (χ2n) is 11.2. The molecule has 2 fully saturated rings. The highest BCUT2D eigenvalue weighted by atomic mass is 28.4. The third-order valence-electron chi connectivity index (χ3n) is 7.87. The molecule has 4 rings (SSSR count). The molecule has 2 saturated heterocycles. The molecule has 0 spiro atoms. The summed E-state index contributed by atoms with van der Waals surface area (Å²) in [6.45, 7) is 7.13. The average Bonchev–Trinajstić information content (AvgIpc) is 3.44. The molecule has 0 unspecified atom stereocenters. The lowest BCUT2D eigenvalue weighted by Gasteiger charge is -2.43. The predicted molar refractivity (Wildman–Crippen MR) is 152 cm³/mol. The van der Waals surface area contributed by atoms with Gasteiger partial charge in [-0.3, -0.25) is 0 Å². The van der Waals surface area contributed by atoms with Crippen molar-refractivity contribution >= 4 is 18.7 Å². The lowest BCUT2D eigenvalue weighted by molar-refractivity contribution is -0.221. The fourth-order valence-corrected chi connectivity index (χ4v) is 10.6. The van der Waals surface area contributed by atoms with E-state index in [1.807, 2.05) is 36.4 Å². The minimum Gasteiger partial charge on any atom is -0.405 e. The Morgan fingerprint density at radius 1 is 0.700 bits per heavy atom. The van der Waals surface area contributed by atoms with Gasteiger partial charge in [-0.2, -0.15) is 0 Å². The molecule has 0 aliphatic carbocycles. The van der Waals surface area contributed by atoms with Crippen molar-refractivity contribution in [3.8, 4) is 0 Å². The van der Waals surface area contributed by atoms with Crippen LogP contribution in [-0.2, 0) is 37.6 Å². The lowest BCUT2D eigenvalue weighted by atomic mass is 10.1. The van der Waals surface area contributed by atoms with E-state index in [9.17, 15) is 5.11 Å². The monoisotopic (exact) mass is 576 g/mol. The molecule has 9 nitrogen and oxygen atoms in total. The Morgan fingerprint density at radius 2 is 1.23 bits per heavy atom. The summed E-state index contributed by atoms with van der Waals surface area (Å²) in [5.74, 6) is 0. The van der Waals surface area contributed by atoms with Gasteiger partial charge in [0.25, 0.3) is 8.32 Å². The smallest absolute Gasteiger partial charge is 0.261 e. The van der Waals surface area contributed by atoms with E-state index in [2.05, 4.69) is 45.0 Å². The van der Waals surface area contributed by atoms with Crippen molar-refractivity contribution in [2.24, 2.45) is 0 Å². The Hall–Kier alpha value is -1.70. The fourth-order valence-electron chi connectivity index (χ4n) is 6.01. The summed E-state index contributed by atoms with van der Waals surface area (Å²) in [6.07, 6.45) is -5.36. The van der Waals surface area contributed by atoms with Crippen LogP contribution in [0.3, 0.4) is 0 Å². The van der Waals surface area contributed by atoms with Crippen molar-refractivity contribution in [2.75, 3.05) is 41.7 Å². The highest BCUT2D eigenvalue weighted by molar-refractivity contribution is 6.99. The number of ether oxygens (including phenoxy) is 7. The molecule has 1 N–H and O–H groups in total. The van der Waals surface area contributed by atoms with Gasteiger partial charge in [0.15, 0.2) is 12.6 Å². The van der Waals surface area contributed by atoms with Crippen LogP contribution < -0.4 is 10.4 Å². The third-order valence-corrected chi connectivity index (χ3v) is 12.9. The molecule has 0 amide bonds. The first-order valence-corrected chi connectivity index (χ1v) is 15.6. The molecular weight excluding hydrogens is 532 g/mol. The summed E-state index contributed by atoms with van der Waals surface area (Å²) in [7, 11) is 3.46. The van der Waals surface area contributed by atoms with E-state index < -0.39 is 51.4 Å². The molecule has 0 saturated carbocycles. The zero-order valence-electron chi connectivity index (χ0n) is 24.5. The van der Waals surface area contributed by atoms with E-state index in [1.54, 1.807) is 21.3 Å². The van der Waals surface area contributed by atoms with Crippen molar-refractivity contribution < 1.29 is 42.7 Å². The topological polar surface area (TPSA) is 94.1 Å². The number of benzene rings is 2. The van der Waals surface area contributed by atoms with E-state index >= 15 is 0 Å². The largest absolute Gasteiger partial charge is 0.405 e. The van der Waals surface area contributed by atoms with Gasteiger partial charge in [0.2, 0.25) is 0 Å².